The van der Waals surface area contributed by atoms with Crippen LogP contribution in [0.3, 0.4) is 0 Å². The van der Waals surface area contributed by atoms with Gasteiger partial charge in [-0.3, -0.25) is 4.79 Å². The fourth-order valence-electron chi connectivity index (χ4n) is 1.87. The molecule has 0 spiro atoms. The van der Waals surface area contributed by atoms with Crippen LogP contribution in [-0.4, -0.2) is 12.6 Å². The Balaban J connectivity index is 2.10. The van der Waals surface area contributed by atoms with Gasteiger partial charge in [-0.1, -0.05) is 23.7 Å². The van der Waals surface area contributed by atoms with E-state index in [-0.39, 0.29) is 18.4 Å². The lowest BCUT2D eigenvalue weighted by Crippen LogP contribution is -2.16. The summed E-state index contributed by atoms with van der Waals surface area (Å²) >= 11 is 7.53. The Hall–Kier alpha value is -1.36. The van der Waals surface area contributed by atoms with E-state index in [2.05, 4.69) is 0 Å². The second-order valence-corrected chi connectivity index (χ2v) is 5.74. The minimum atomic E-state index is -0.327. The summed E-state index contributed by atoms with van der Waals surface area (Å²) in [5, 5.41) is 2.72. The summed E-state index contributed by atoms with van der Waals surface area (Å²) < 4.78 is 4.91. The molecular formula is C15H16ClNO2S. The topological polar surface area (TPSA) is 52.3 Å². The Morgan fingerprint density at radius 2 is 2.20 bits per heavy atom. The Labute approximate surface area is 127 Å². The quantitative estimate of drug-likeness (QED) is 0.849. The molecule has 20 heavy (non-hydrogen) atoms. The lowest BCUT2D eigenvalue weighted by molar-refractivity contribution is -0.143. The van der Waals surface area contributed by atoms with Gasteiger partial charge in [-0.2, -0.15) is 0 Å². The van der Waals surface area contributed by atoms with Gasteiger partial charge in [0, 0.05) is 15.9 Å². The number of hydrogen-bond donors (Lipinski definition) is 1. The molecule has 0 unspecified atom stereocenters. The Morgan fingerprint density at radius 1 is 1.40 bits per heavy atom. The maximum Gasteiger partial charge on any atom is 0.307 e. The van der Waals surface area contributed by atoms with Crippen LogP contribution in [0, 0.1) is 0 Å². The zero-order valence-corrected chi connectivity index (χ0v) is 12.7. The molecule has 0 aliphatic carbocycles. The lowest BCUT2D eigenvalue weighted by Gasteiger charge is -2.08. The average molecular weight is 310 g/mol. The van der Waals surface area contributed by atoms with Gasteiger partial charge in [-0.05, 0) is 41.6 Å². The van der Waals surface area contributed by atoms with Crippen LogP contribution in [0.2, 0.25) is 5.02 Å². The van der Waals surface area contributed by atoms with Crippen molar-refractivity contribution in [2.45, 2.75) is 19.4 Å². The fourth-order valence-corrected chi connectivity index (χ4v) is 2.98. The predicted molar refractivity (Wildman–Crippen MR) is 82.9 cm³/mol. The first-order chi connectivity index (χ1) is 9.60. The number of benzene rings is 1. The third-order valence-corrected chi connectivity index (χ3v) is 4.13. The zero-order chi connectivity index (χ0) is 14.5. The molecule has 2 aromatic rings. The summed E-state index contributed by atoms with van der Waals surface area (Å²) in [7, 11) is 0. The number of carbonyl (C=O) groups is 1. The van der Waals surface area contributed by atoms with Crippen LogP contribution < -0.4 is 5.73 Å². The van der Waals surface area contributed by atoms with Crippen molar-refractivity contribution in [3.8, 4) is 11.1 Å². The van der Waals surface area contributed by atoms with E-state index in [0.717, 1.165) is 16.0 Å². The van der Waals surface area contributed by atoms with Crippen molar-refractivity contribution >= 4 is 28.9 Å². The van der Waals surface area contributed by atoms with Crippen LogP contribution in [0.1, 0.15) is 24.3 Å². The highest BCUT2D eigenvalue weighted by atomic mass is 35.5. The van der Waals surface area contributed by atoms with E-state index < -0.39 is 0 Å². The molecule has 0 saturated heterocycles. The van der Waals surface area contributed by atoms with Crippen LogP contribution in [-0.2, 0) is 9.53 Å². The molecule has 1 aromatic heterocycles. The van der Waals surface area contributed by atoms with Gasteiger partial charge in [0.05, 0.1) is 13.0 Å². The minimum Gasteiger partial charge on any atom is -0.466 e. The number of ether oxygens (including phenoxy) is 1. The van der Waals surface area contributed by atoms with Gasteiger partial charge < -0.3 is 10.5 Å². The van der Waals surface area contributed by atoms with Gasteiger partial charge in [0.25, 0.3) is 0 Å². The fraction of sp³-hybridized carbons (Fsp3) is 0.267. The van der Waals surface area contributed by atoms with E-state index in [1.165, 1.54) is 0 Å². The molecule has 2 N–H and O–H groups in total. The van der Waals surface area contributed by atoms with E-state index in [4.69, 9.17) is 22.1 Å². The molecule has 0 bridgehead atoms. The Kier molecular flexibility index (Phi) is 5.17. The van der Waals surface area contributed by atoms with Crippen molar-refractivity contribution in [3.05, 3.63) is 45.6 Å². The van der Waals surface area contributed by atoms with Gasteiger partial charge in [0.1, 0.15) is 0 Å². The van der Waals surface area contributed by atoms with Crippen LogP contribution in [0.25, 0.3) is 11.1 Å². The van der Waals surface area contributed by atoms with E-state index in [9.17, 15) is 4.79 Å². The lowest BCUT2D eigenvalue weighted by atomic mass is 10.1. The molecule has 0 amide bonds. The highest BCUT2D eigenvalue weighted by Gasteiger charge is 2.15. The van der Waals surface area contributed by atoms with E-state index in [0.29, 0.717) is 11.6 Å². The first kappa shape index (κ1) is 15.0. The number of esters is 1. The first-order valence-electron chi connectivity index (χ1n) is 6.35. The summed E-state index contributed by atoms with van der Waals surface area (Å²) in [5.74, 6) is -0.266. The standard InChI is InChI=1S/C15H16ClNO2S/c1-2-19-15(18)8-13(17)14-7-11(9-20-14)10-4-3-5-12(16)6-10/h3-7,9,13H,2,8,17H2,1H3/t13-/m0/s1. The third-order valence-electron chi connectivity index (χ3n) is 2.84. The Bertz CT molecular complexity index is 597. The molecule has 1 heterocycles. The second kappa shape index (κ2) is 6.88. The van der Waals surface area contributed by atoms with Crippen LogP contribution in [0.4, 0.5) is 0 Å². The van der Waals surface area contributed by atoms with Crippen molar-refractivity contribution < 1.29 is 9.53 Å². The molecule has 1 atom stereocenters. The molecule has 2 rings (SSSR count). The number of halogens is 1. The summed E-state index contributed by atoms with van der Waals surface area (Å²) in [6, 6.07) is 9.32. The monoisotopic (exact) mass is 309 g/mol. The highest BCUT2D eigenvalue weighted by molar-refractivity contribution is 7.10. The Morgan fingerprint density at radius 3 is 2.90 bits per heavy atom. The molecule has 0 saturated carbocycles. The van der Waals surface area contributed by atoms with Crippen molar-refractivity contribution in [3.63, 3.8) is 0 Å². The van der Waals surface area contributed by atoms with Crippen molar-refractivity contribution in [1.29, 1.82) is 0 Å². The molecule has 3 nitrogen and oxygen atoms in total. The van der Waals surface area contributed by atoms with Gasteiger partial charge in [0.15, 0.2) is 0 Å². The number of hydrogen-bond acceptors (Lipinski definition) is 4. The maximum atomic E-state index is 11.4. The summed E-state index contributed by atoms with van der Waals surface area (Å²) in [4.78, 5) is 12.4. The maximum absolute atomic E-state index is 11.4. The highest BCUT2D eigenvalue weighted by Crippen LogP contribution is 2.30. The average Bonchev–Trinajstić information content (AvgIpc) is 2.88. The van der Waals surface area contributed by atoms with Crippen molar-refractivity contribution in [2.24, 2.45) is 5.73 Å². The number of rotatable bonds is 5. The van der Waals surface area contributed by atoms with Crippen molar-refractivity contribution in [1.82, 2.24) is 0 Å². The molecule has 0 fully saturated rings. The van der Waals surface area contributed by atoms with Crippen LogP contribution in [0.15, 0.2) is 35.7 Å². The second-order valence-electron chi connectivity index (χ2n) is 4.36. The third kappa shape index (κ3) is 3.82. The first-order valence-corrected chi connectivity index (χ1v) is 7.61. The van der Waals surface area contributed by atoms with Crippen LogP contribution >= 0.6 is 22.9 Å². The molecule has 0 aliphatic heterocycles. The largest absolute Gasteiger partial charge is 0.466 e. The summed E-state index contributed by atoms with van der Waals surface area (Å²) in [5.41, 5.74) is 8.14. The predicted octanol–water partition coefficient (Wildman–Crippen LogP) is 4.02. The van der Waals surface area contributed by atoms with Gasteiger partial charge in [-0.25, -0.2) is 0 Å². The number of nitrogens with two attached hydrogens (primary N) is 1. The van der Waals surface area contributed by atoms with Gasteiger partial charge >= 0.3 is 5.97 Å². The molecule has 1 aromatic carbocycles. The minimum absolute atomic E-state index is 0.198. The SMILES string of the molecule is CCOC(=O)C[C@H](N)c1cc(-c2cccc(Cl)c2)cs1. The van der Waals surface area contributed by atoms with Gasteiger partial charge in [0.2, 0.25) is 0 Å². The van der Waals surface area contributed by atoms with E-state index in [1.54, 1.807) is 18.3 Å². The molecule has 106 valence electrons. The van der Waals surface area contributed by atoms with Gasteiger partial charge in [-0.15, -0.1) is 11.3 Å². The van der Waals surface area contributed by atoms with E-state index in [1.807, 2.05) is 35.7 Å². The summed E-state index contributed by atoms with van der Waals surface area (Å²) in [6.07, 6.45) is 0.198. The smallest absolute Gasteiger partial charge is 0.307 e. The van der Waals surface area contributed by atoms with Crippen LogP contribution in [0.5, 0.6) is 0 Å². The molecule has 0 radical (unpaired) electrons. The normalized spacial score (nSPS) is 12.2. The summed E-state index contributed by atoms with van der Waals surface area (Å²) in [6.45, 7) is 2.16. The zero-order valence-electron chi connectivity index (χ0n) is 11.1. The van der Waals surface area contributed by atoms with E-state index >= 15 is 0 Å². The molecular weight excluding hydrogens is 294 g/mol. The van der Waals surface area contributed by atoms with Crippen molar-refractivity contribution in [2.75, 3.05) is 6.61 Å². The molecule has 5 heteroatoms. The molecule has 0 aliphatic rings. The number of carbonyl (C=O) groups excluding carboxylic acids is 1. The number of thiophene rings is 1.